The number of amides is 1. The van der Waals surface area contributed by atoms with Crippen LogP contribution in [0.15, 0.2) is 0 Å². The average molecular weight is 289 g/mol. The predicted octanol–water partition coefficient (Wildman–Crippen LogP) is -0.0142. The van der Waals surface area contributed by atoms with E-state index in [4.69, 9.17) is 23.7 Å². The fourth-order valence-electron chi connectivity index (χ4n) is 2.37. The predicted molar refractivity (Wildman–Crippen MR) is 69.1 cm³/mol. The number of methoxy groups -OCH3 is 2. The van der Waals surface area contributed by atoms with E-state index in [0.29, 0.717) is 26.3 Å². The molecule has 2 fully saturated rings. The second-order valence-electron chi connectivity index (χ2n) is 5.15. The van der Waals surface area contributed by atoms with E-state index >= 15 is 0 Å². The number of rotatable bonds is 3. The van der Waals surface area contributed by atoms with Crippen molar-refractivity contribution in [1.82, 2.24) is 4.90 Å². The Kier molecular flexibility index (Phi) is 4.66. The first-order valence-corrected chi connectivity index (χ1v) is 6.74. The highest BCUT2D eigenvalue weighted by molar-refractivity contribution is 5.81. The summed E-state index contributed by atoms with van der Waals surface area (Å²) in [4.78, 5) is 14.2. The van der Waals surface area contributed by atoms with Crippen molar-refractivity contribution in [3.63, 3.8) is 0 Å². The molecule has 0 radical (unpaired) electrons. The molecule has 2 rings (SSSR count). The number of ether oxygens (including phenoxy) is 5. The number of carbonyl (C=O) groups is 1. The van der Waals surface area contributed by atoms with Crippen LogP contribution in [0.1, 0.15) is 13.8 Å². The minimum absolute atomic E-state index is 0.102. The standard InChI is InChI=1S/C13H23NO6/c1-12(16-3)13(2,17-4)20-10(9-19-12)11(15)14-5-7-18-8-6-14/h10H,5-9H2,1-4H3/t10-,12-,13-/m1/s1. The van der Waals surface area contributed by atoms with Crippen molar-refractivity contribution in [3.8, 4) is 0 Å². The lowest BCUT2D eigenvalue weighted by Gasteiger charge is -2.49. The van der Waals surface area contributed by atoms with E-state index < -0.39 is 17.7 Å². The van der Waals surface area contributed by atoms with Crippen molar-refractivity contribution in [2.45, 2.75) is 31.5 Å². The normalized spacial score (nSPS) is 38.8. The van der Waals surface area contributed by atoms with E-state index in [1.165, 1.54) is 14.2 Å². The van der Waals surface area contributed by atoms with Crippen LogP contribution in [0.5, 0.6) is 0 Å². The molecule has 0 aromatic rings. The molecule has 0 aromatic carbocycles. The van der Waals surface area contributed by atoms with Crippen molar-refractivity contribution in [3.05, 3.63) is 0 Å². The van der Waals surface area contributed by atoms with Gasteiger partial charge in [0.25, 0.3) is 5.91 Å². The smallest absolute Gasteiger partial charge is 0.254 e. The van der Waals surface area contributed by atoms with Gasteiger partial charge in [-0.1, -0.05) is 0 Å². The molecule has 0 aromatic heterocycles. The van der Waals surface area contributed by atoms with Gasteiger partial charge in [0.2, 0.25) is 11.6 Å². The third-order valence-corrected chi connectivity index (χ3v) is 4.08. The van der Waals surface area contributed by atoms with Crippen LogP contribution in [0.3, 0.4) is 0 Å². The van der Waals surface area contributed by atoms with Crippen molar-refractivity contribution < 1.29 is 28.5 Å². The lowest BCUT2D eigenvalue weighted by Crippen LogP contribution is -2.65. The molecule has 0 aliphatic carbocycles. The molecule has 7 heteroatoms. The van der Waals surface area contributed by atoms with Gasteiger partial charge in [-0.2, -0.15) is 0 Å². The van der Waals surface area contributed by atoms with E-state index in [0.717, 1.165) is 0 Å². The van der Waals surface area contributed by atoms with Crippen LogP contribution in [0.25, 0.3) is 0 Å². The van der Waals surface area contributed by atoms with Crippen molar-refractivity contribution in [2.24, 2.45) is 0 Å². The Labute approximate surface area is 119 Å². The molecule has 2 saturated heterocycles. The van der Waals surface area contributed by atoms with Gasteiger partial charge in [-0.25, -0.2) is 0 Å². The molecule has 2 aliphatic heterocycles. The molecule has 0 unspecified atom stereocenters. The third kappa shape index (κ3) is 2.68. The molecule has 7 nitrogen and oxygen atoms in total. The summed E-state index contributed by atoms with van der Waals surface area (Å²) in [7, 11) is 3.02. The topological polar surface area (TPSA) is 66.5 Å². The van der Waals surface area contributed by atoms with E-state index in [-0.39, 0.29) is 12.5 Å². The maximum absolute atomic E-state index is 12.4. The van der Waals surface area contributed by atoms with Crippen LogP contribution >= 0.6 is 0 Å². The van der Waals surface area contributed by atoms with Gasteiger partial charge in [-0.05, 0) is 13.8 Å². The Morgan fingerprint density at radius 3 is 2.30 bits per heavy atom. The lowest BCUT2D eigenvalue weighted by atomic mass is 10.1. The minimum Gasteiger partial charge on any atom is -0.378 e. The molecule has 1 amide bonds. The molecule has 116 valence electrons. The summed E-state index contributed by atoms with van der Waals surface area (Å²) in [6, 6.07) is 0. The maximum Gasteiger partial charge on any atom is 0.254 e. The molecule has 0 N–H and O–H groups in total. The Bertz CT molecular complexity index is 359. The van der Waals surface area contributed by atoms with Gasteiger partial charge in [-0.15, -0.1) is 0 Å². The number of morpholine rings is 1. The van der Waals surface area contributed by atoms with Crippen molar-refractivity contribution >= 4 is 5.91 Å². The highest BCUT2D eigenvalue weighted by atomic mass is 16.8. The summed E-state index contributed by atoms with van der Waals surface area (Å²) in [5, 5.41) is 0. The van der Waals surface area contributed by atoms with Gasteiger partial charge < -0.3 is 28.6 Å². The van der Waals surface area contributed by atoms with Crippen molar-refractivity contribution in [2.75, 3.05) is 47.1 Å². The van der Waals surface area contributed by atoms with Crippen LogP contribution in [-0.2, 0) is 28.5 Å². The van der Waals surface area contributed by atoms with E-state index in [1.54, 1.807) is 18.7 Å². The maximum atomic E-state index is 12.4. The summed E-state index contributed by atoms with van der Waals surface area (Å²) >= 11 is 0. The number of hydrogen-bond donors (Lipinski definition) is 0. The van der Waals surface area contributed by atoms with Gasteiger partial charge >= 0.3 is 0 Å². The molecule has 0 saturated carbocycles. The van der Waals surface area contributed by atoms with Crippen LogP contribution in [0.2, 0.25) is 0 Å². The fraction of sp³-hybridized carbons (Fsp3) is 0.923. The van der Waals surface area contributed by atoms with E-state index in [2.05, 4.69) is 0 Å². The van der Waals surface area contributed by atoms with Gasteiger partial charge in [0.1, 0.15) is 0 Å². The zero-order valence-electron chi connectivity index (χ0n) is 12.5. The van der Waals surface area contributed by atoms with Gasteiger partial charge in [-0.3, -0.25) is 4.79 Å². The van der Waals surface area contributed by atoms with E-state index in [9.17, 15) is 4.79 Å². The SMILES string of the molecule is CO[C@]1(C)OC[C@H](C(=O)N2CCOCC2)O[C@@]1(C)OC. The number of carbonyl (C=O) groups excluding carboxylic acids is 1. The van der Waals surface area contributed by atoms with Crippen LogP contribution in [-0.4, -0.2) is 75.6 Å². The minimum atomic E-state index is -1.15. The zero-order chi connectivity index (χ0) is 14.8. The molecule has 20 heavy (non-hydrogen) atoms. The average Bonchev–Trinajstić information content (AvgIpc) is 2.50. The molecule has 2 aliphatic rings. The Balaban J connectivity index is 2.06. The molecule has 2 heterocycles. The quantitative estimate of drug-likeness (QED) is 0.728. The molecule has 0 bridgehead atoms. The van der Waals surface area contributed by atoms with Crippen molar-refractivity contribution in [1.29, 1.82) is 0 Å². The highest BCUT2D eigenvalue weighted by Crippen LogP contribution is 2.36. The second-order valence-corrected chi connectivity index (χ2v) is 5.15. The first kappa shape index (κ1) is 15.7. The molecular weight excluding hydrogens is 266 g/mol. The molecule has 0 spiro atoms. The summed E-state index contributed by atoms with van der Waals surface area (Å²) in [5.41, 5.74) is 0. The van der Waals surface area contributed by atoms with Crippen LogP contribution in [0.4, 0.5) is 0 Å². The Morgan fingerprint density at radius 2 is 1.75 bits per heavy atom. The van der Waals surface area contributed by atoms with Crippen LogP contribution in [0, 0.1) is 0 Å². The summed E-state index contributed by atoms with van der Waals surface area (Å²) in [5.74, 6) is -2.30. The fourth-order valence-corrected chi connectivity index (χ4v) is 2.37. The molecular formula is C13H23NO6. The summed E-state index contributed by atoms with van der Waals surface area (Å²) in [6.45, 7) is 5.82. The number of hydrogen-bond acceptors (Lipinski definition) is 6. The van der Waals surface area contributed by atoms with Gasteiger partial charge in [0.15, 0.2) is 6.10 Å². The van der Waals surface area contributed by atoms with Crippen LogP contribution < -0.4 is 0 Å². The zero-order valence-corrected chi connectivity index (χ0v) is 12.5. The first-order valence-electron chi connectivity index (χ1n) is 6.74. The summed E-state index contributed by atoms with van der Waals surface area (Å²) < 4.78 is 27.5. The van der Waals surface area contributed by atoms with Gasteiger partial charge in [0.05, 0.1) is 19.8 Å². The van der Waals surface area contributed by atoms with E-state index in [1.807, 2.05) is 0 Å². The number of nitrogens with zero attached hydrogens (tertiary/aromatic N) is 1. The monoisotopic (exact) mass is 289 g/mol. The lowest BCUT2D eigenvalue weighted by molar-refractivity contribution is -0.426. The largest absolute Gasteiger partial charge is 0.378 e. The highest BCUT2D eigenvalue weighted by Gasteiger charge is 2.55. The Hall–Kier alpha value is -0.730. The van der Waals surface area contributed by atoms with Gasteiger partial charge in [0, 0.05) is 27.3 Å². The Morgan fingerprint density at radius 1 is 1.15 bits per heavy atom. The first-order chi connectivity index (χ1) is 9.46. The molecule has 3 atom stereocenters. The third-order valence-electron chi connectivity index (χ3n) is 4.08. The second kappa shape index (κ2) is 5.95. The summed E-state index contributed by atoms with van der Waals surface area (Å²) in [6.07, 6.45) is -0.693.